The number of rotatable bonds is 1. The molecule has 3 nitrogen and oxygen atoms in total. The third-order valence-electron chi connectivity index (χ3n) is 3.42. The topological polar surface area (TPSA) is 21.1 Å². The van der Waals surface area contributed by atoms with E-state index in [4.69, 9.17) is 4.98 Å². The monoisotopic (exact) mass is 227 g/mol. The molecule has 0 unspecified atom stereocenters. The van der Waals surface area contributed by atoms with E-state index >= 15 is 0 Å². The molecule has 0 saturated carbocycles. The molecule has 0 radical (unpaired) electrons. The van der Waals surface area contributed by atoms with Gasteiger partial charge in [0.15, 0.2) is 0 Å². The van der Waals surface area contributed by atoms with Crippen molar-refractivity contribution >= 4 is 16.6 Å². The average molecular weight is 227 g/mol. The van der Waals surface area contributed by atoms with E-state index in [2.05, 4.69) is 47.8 Å². The Kier molecular flexibility index (Phi) is 2.48. The van der Waals surface area contributed by atoms with E-state index in [1.807, 2.05) is 6.07 Å². The van der Waals surface area contributed by atoms with E-state index in [1.165, 1.54) is 11.1 Å². The molecule has 0 spiro atoms. The SMILES string of the molecule is CN1CCC=C(c2nc3ccccc3n2C)C1. The van der Waals surface area contributed by atoms with Crippen LogP contribution in [0, 0.1) is 0 Å². The predicted octanol–water partition coefficient (Wildman–Crippen LogP) is 2.29. The van der Waals surface area contributed by atoms with Crippen molar-refractivity contribution in [3.05, 3.63) is 36.2 Å². The zero-order chi connectivity index (χ0) is 11.8. The molecule has 2 aromatic rings. The third kappa shape index (κ3) is 1.76. The summed E-state index contributed by atoms with van der Waals surface area (Å²) in [6.45, 7) is 2.14. The summed E-state index contributed by atoms with van der Waals surface area (Å²) in [5.41, 5.74) is 3.63. The normalized spacial score (nSPS) is 17.4. The van der Waals surface area contributed by atoms with Crippen LogP contribution in [0.4, 0.5) is 0 Å². The molecule has 3 heteroatoms. The number of fused-ring (bicyclic) bond motifs is 1. The fourth-order valence-corrected chi connectivity index (χ4v) is 2.49. The molecule has 1 aliphatic heterocycles. The van der Waals surface area contributed by atoms with E-state index < -0.39 is 0 Å². The van der Waals surface area contributed by atoms with Crippen LogP contribution >= 0.6 is 0 Å². The highest BCUT2D eigenvalue weighted by Crippen LogP contribution is 2.23. The fraction of sp³-hybridized carbons (Fsp3) is 0.357. The summed E-state index contributed by atoms with van der Waals surface area (Å²) >= 11 is 0. The summed E-state index contributed by atoms with van der Waals surface area (Å²) in [6, 6.07) is 8.31. The first-order chi connectivity index (χ1) is 8.25. The molecule has 0 N–H and O–H groups in total. The molecule has 0 bridgehead atoms. The van der Waals surface area contributed by atoms with Crippen molar-refractivity contribution in [3.8, 4) is 0 Å². The van der Waals surface area contributed by atoms with Gasteiger partial charge >= 0.3 is 0 Å². The molecule has 1 aromatic carbocycles. The number of para-hydroxylation sites is 2. The second kappa shape index (κ2) is 4.00. The van der Waals surface area contributed by atoms with E-state index in [9.17, 15) is 0 Å². The van der Waals surface area contributed by atoms with Crippen LogP contribution in [0.3, 0.4) is 0 Å². The lowest BCUT2D eigenvalue weighted by molar-refractivity contribution is 0.371. The number of imidazole rings is 1. The van der Waals surface area contributed by atoms with E-state index in [-0.39, 0.29) is 0 Å². The van der Waals surface area contributed by atoms with Gasteiger partial charge in [0.25, 0.3) is 0 Å². The Balaban J connectivity index is 2.11. The number of likely N-dealkylation sites (N-methyl/N-ethyl adjacent to an activating group) is 1. The lowest BCUT2D eigenvalue weighted by Crippen LogP contribution is -2.25. The molecule has 0 atom stereocenters. The smallest absolute Gasteiger partial charge is 0.137 e. The zero-order valence-corrected chi connectivity index (χ0v) is 10.3. The van der Waals surface area contributed by atoms with Crippen molar-refractivity contribution in [3.63, 3.8) is 0 Å². The summed E-state index contributed by atoms with van der Waals surface area (Å²) in [7, 11) is 4.26. The van der Waals surface area contributed by atoms with Crippen LogP contribution in [0.2, 0.25) is 0 Å². The zero-order valence-electron chi connectivity index (χ0n) is 10.3. The van der Waals surface area contributed by atoms with Gasteiger partial charge in [0.05, 0.1) is 11.0 Å². The molecule has 0 saturated heterocycles. The second-order valence-corrected chi connectivity index (χ2v) is 4.74. The highest BCUT2D eigenvalue weighted by molar-refractivity contribution is 5.80. The second-order valence-electron chi connectivity index (χ2n) is 4.74. The standard InChI is InChI=1S/C14H17N3/c1-16-9-5-6-11(10-16)14-15-12-7-3-4-8-13(12)17(14)2/h3-4,6-8H,5,9-10H2,1-2H3. The fourth-order valence-electron chi connectivity index (χ4n) is 2.49. The van der Waals surface area contributed by atoms with E-state index in [1.54, 1.807) is 0 Å². The van der Waals surface area contributed by atoms with Gasteiger partial charge in [0, 0.05) is 25.7 Å². The van der Waals surface area contributed by atoms with Gasteiger partial charge in [-0.2, -0.15) is 0 Å². The Bertz CT molecular complexity index is 580. The molecule has 2 heterocycles. The summed E-state index contributed by atoms with van der Waals surface area (Å²) in [5, 5.41) is 0. The average Bonchev–Trinajstić information content (AvgIpc) is 2.68. The Morgan fingerprint density at radius 1 is 1.18 bits per heavy atom. The van der Waals surface area contributed by atoms with Crippen LogP contribution in [-0.2, 0) is 7.05 Å². The van der Waals surface area contributed by atoms with Crippen molar-refractivity contribution in [2.45, 2.75) is 6.42 Å². The van der Waals surface area contributed by atoms with Gasteiger partial charge in [-0.25, -0.2) is 4.98 Å². The van der Waals surface area contributed by atoms with Gasteiger partial charge in [-0.15, -0.1) is 0 Å². The first-order valence-corrected chi connectivity index (χ1v) is 6.05. The summed E-state index contributed by atoms with van der Waals surface area (Å²) < 4.78 is 2.19. The van der Waals surface area contributed by atoms with Crippen LogP contribution in [0.1, 0.15) is 12.2 Å². The third-order valence-corrected chi connectivity index (χ3v) is 3.42. The molecule has 1 aromatic heterocycles. The van der Waals surface area contributed by atoms with Crippen LogP contribution < -0.4 is 0 Å². The molecular weight excluding hydrogens is 210 g/mol. The van der Waals surface area contributed by atoms with Crippen LogP contribution in [-0.4, -0.2) is 34.6 Å². The number of aryl methyl sites for hydroxylation is 1. The molecule has 17 heavy (non-hydrogen) atoms. The largest absolute Gasteiger partial charge is 0.327 e. The van der Waals surface area contributed by atoms with Gasteiger partial charge in [0.1, 0.15) is 5.82 Å². The van der Waals surface area contributed by atoms with Crippen molar-refractivity contribution in [2.24, 2.45) is 7.05 Å². The van der Waals surface area contributed by atoms with Crippen LogP contribution in [0.25, 0.3) is 16.6 Å². The highest BCUT2D eigenvalue weighted by atomic mass is 15.1. The first-order valence-electron chi connectivity index (χ1n) is 6.05. The maximum Gasteiger partial charge on any atom is 0.137 e. The Hall–Kier alpha value is -1.61. The van der Waals surface area contributed by atoms with Crippen molar-refractivity contribution in [1.82, 2.24) is 14.5 Å². The van der Waals surface area contributed by atoms with Crippen LogP contribution in [0.5, 0.6) is 0 Å². The molecule has 0 amide bonds. The van der Waals surface area contributed by atoms with E-state index in [0.717, 1.165) is 30.9 Å². The minimum atomic E-state index is 0.997. The molecule has 1 aliphatic rings. The Morgan fingerprint density at radius 3 is 2.76 bits per heavy atom. The summed E-state index contributed by atoms with van der Waals surface area (Å²) in [6.07, 6.45) is 3.44. The lowest BCUT2D eigenvalue weighted by atomic mass is 10.1. The van der Waals surface area contributed by atoms with Crippen molar-refractivity contribution in [1.29, 1.82) is 0 Å². The summed E-state index contributed by atoms with van der Waals surface area (Å²) in [4.78, 5) is 7.08. The summed E-state index contributed by atoms with van der Waals surface area (Å²) in [5.74, 6) is 1.11. The number of aromatic nitrogens is 2. The maximum absolute atomic E-state index is 4.74. The van der Waals surface area contributed by atoms with Gasteiger partial charge < -0.3 is 9.47 Å². The van der Waals surface area contributed by atoms with Gasteiger partial charge in [0.2, 0.25) is 0 Å². The minimum Gasteiger partial charge on any atom is -0.327 e. The Morgan fingerprint density at radius 2 is 2.00 bits per heavy atom. The quantitative estimate of drug-likeness (QED) is 0.745. The van der Waals surface area contributed by atoms with Crippen molar-refractivity contribution < 1.29 is 0 Å². The van der Waals surface area contributed by atoms with Gasteiger partial charge in [-0.1, -0.05) is 18.2 Å². The van der Waals surface area contributed by atoms with Crippen molar-refractivity contribution in [2.75, 3.05) is 20.1 Å². The lowest BCUT2D eigenvalue weighted by Gasteiger charge is -2.22. The maximum atomic E-state index is 4.74. The first kappa shape index (κ1) is 10.5. The van der Waals surface area contributed by atoms with E-state index in [0.29, 0.717) is 0 Å². The Labute approximate surface area is 101 Å². The highest BCUT2D eigenvalue weighted by Gasteiger charge is 2.15. The van der Waals surface area contributed by atoms with Gasteiger partial charge in [-0.05, 0) is 25.6 Å². The molecule has 88 valence electrons. The number of hydrogen-bond acceptors (Lipinski definition) is 2. The molecule has 3 rings (SSSR count). The number of benzene rings is 1. The number of hydrogen-bond donors (Lipinski definition) is 0. The van der Waals surface area contributed by atoms with Crippen LogP contribution in [0.15, 0.2) is 30.3 Å². The number of nitrogens with zero attached hydrogens (tertiary/aromatic N) is 3. The molecule has 0 fully saturated rings. The molecular formula is C14H17N3. The predicted molar refractivity (Wildman–Crippen MR) is 70.8 cm³/mol. The molecule has 0 aliphatic carbocycles. The minimum absolute atomic E-state index is 0.997. The van der Waals surface area contributed by atoms with Gasteiger partial charge in [-0.3, -0.25) is 0 Å².